The summed E-state index contributed by atoms with van der Waals surface area (Å²) >= 11 is 0. The zero-order valence-electron chi connectivity index (χ0n) is 13.3. The van der Waals surface area contributed by atoms with Crippen LogP contribution in [0.25, 0.3) is 10.9 Å². The molecule has 0 saturated carbocycles. The Morgan fingerprint density at radius 1 is 1.38 bits per heavy atom. The maximum atomic E-state index is 11.9. The summed E-state index contributed by atoms with van der Waals surface area (Å²) in [6.07, 6.45) is 2.23. The lowest BCUT2D eigenvalue weighted by Gasteiger charge is -2.05. The smallest absolute Gasteiger partial charge is 0.247 e. The fraction of sp³-hybridized carbons (Fsp3) is 0.235. The molecular formula is C17H19N5O2. The van der Waals surface area contributed by atoms with Crippen molar-refractivity contribution in [1.29, 1.82) is 0 Å². The average molecular weight is 325 g/mol. The molecule has 1 fully saturated rings. The van der Waals surface area contributed by atoms with Gasteiger partial charge in [-0.05, 0) is 19.4 Å². The van der Waals surface area contributed by atoms with Crippen molar-refractivity contribution in [3.8, 4) is 0 Å². The molecule has 1 aliphatic rings. The second-order valence-electron chi connectivity index (χ2n) is 5.73. The molecule has 7 nitrogen and oxygen atoms in total. The van der Waals surface area contributed by atoms with Crippen molar-refractivity contribution in [2.75, 3.05) is 0 Å². The minimum Gasteiger partial charge on any atom is -0.358 e. The van der Waals surface area contributed by atoms with E-state index in [1.165, 1.54) is 0 Å². The number of hydrogen-bond acceptors (Lipinski definition) is 4. The van der Waals surface area contributed by atoms with Crippen LogP contribution in [0.2, 0.25) is 0 Å². The second kappa shape index (κ2) is 6.57. The number of fused-ring (bicyclic) bond motifs is 1. The molecule has 1 aromatic carbocycles. The van der Waals surface area contributed by atoms with Crippen molar-refractivity contribution < 1.29 is 9.59 Å². The number of aryl methyl sites for hydroxylation is 1. The Kier molecular flexibility index (Phi) is 4.33. The van der Waals surface area contributed by atoms with Crippen LogP contribution in [0, 0.1) is 12.8 Å². The lowest BCUT2D eigenvalue weighted by molar-refractivity contribution is -0.123. The third kappa shape index (κ3) is 3.15. The van der Waals surface area contributed by atoms with Crippen molar-refractivity contribution in [2.45, 2.75) is 19.8 Å². The van der Waals surface area contributed by atoms with Gasteiger partial charge < -0.3 is 10.4 Å². The fourth-order valence-electron chi connectivity index (χ4n) is 2.74. The maximum Gasteiger partial charge on any atom is 0.247 e. The van der Waals surface area contributed by atoms with Crippen LogP contribution in [0.15, 0.2) is 41.6 Å². The number of hydrazine groups is 1. The normalized spacial score (nSPS) is 17.3. The minimum atomic E-state index is -0.379. The Balaban J connectivity index is 1.57. The summed E-state index contributed by atoms with van der Waals surface area (Å²) in [6.45, 7) is 5.70. The number of para-hydroxylation sites is 1. The van der Waals surface area contributed by atoms with Crippen LogP contribution >= 0.6 is 0 Å². The molecule has 1 atom stereocenters. The first-order valence-electron chi connectivity index (χ1n) is 7.70. The summed E-state index contributed by atoms with van der Waals surface area (Å²) in [5, 5.41) is 5.08. The summed E-state index contributed by atoms with van der Waals surface area (Å²) in [4.78, 5) is 26.7. The van der Waals surface area contributed by atoms with E-state index in [4.69, 9.17) is 0 Å². The van der Waals surface area contributed by atoms with Crippen LogP contribution in [0.5, 0.6) is 0 Å². The minimum absolute atomic E-state index is 0.161. The van der Waals surface area contributed by atoms with Gasteiger partial charge in [-0.1, -0.05) is 24.8 Å². The van der Waals surface area contributed by atoms with Crippen molar-refractivity contribution in [3.63, 3.8) is 0 Å². The Hall–Kier alpha value is -3.09. The summed E-state index contributed by atoms with van der Waals surface area (Å²) in [7, 11) is 0. The first kappa shape index (κ1) is 15.8. The molecule has 2 aromatic rings. The Labute approximate surface area is 139 Å². The molecule has 1 saturated heterocycles. The van der Waals surface area contributed by atoms with Gasteiger partial charge in [-0.3, -0.25) is 15.0 Å². The van der Waals surface area contributed by atoms with Crippen LogP contribution in [0.3, 0.4) is 0 Å². The van der Waals surface area contributed by atoms with Crippen molar-refractivity contribution in [2.24, 2.45) is 11.0 Å². The van der Waals surface area contributed by atoms with Gasteiger partial charge in [0.2, 0.25) is 11.8 Å². The number of carbonyl (C=O) groups excluding carboxylic acids is 2. The molecule has 3 rings (SSSR count). The number of aromatic nitrogens is 1. The first-order chi connectivity index (χ1) is 11.6. The van der Waals surface area contributed by atoms with Gasteiger partial charge in [0.05, 0.1) is 12.1 Å². The number of nitrogens with one attached hydrogen (secondary N) is 4. The maximum absolute atomic E-state index is 11.9. The fourth-order valence-corrected chi connectivity index (χ4v) is 2.74. The molecule has 124 valence electrons. The number of nitrogens with zero attached hydrogens (tertiary/aromatic N) is 1. The number of hydrogen-bond donors (Lipinski definition) is 4. The predicted octanol–water partition coefficient (Wildman–Crippen LogP) is 1.47. The molecule has 7 heteroatoms. The summed E-state index contributed by atoms with van der Waals surface area (Å²) in [5.41, 5.74) is 11.2. The van der Waals surface area contributed by atoms with Gasteiger partial charge in [0.1, 0.15) is 0 Å². The highest BCUT2D eigenvalue weighted by Gasteiger charge is 2.28. The molecule has 0 spiro atoms. The van der Waals surface area contributed by atoms with Crippen molar-refractivity contribution in [3.05, 3.63) is 47.8 Å². The molecule has 1 aromatic heterocycles. The highest BCUT2D eigenvalue weighted by atomic mass is 16.2. The number of rotatable bonds is 5. The molecule has 1 aliphatic heterocycles. The van der Waals surface area contributed by atoms with E-state index >= 15 is 0 Å². The van der Waals surface area contributed by atoms with E-state index in [1.807, 2.05) is 31.2 Å². The molecular weight excluding hydrogens is 306 g/mol. The van der Waals surface area contributed by atoms with Gasteiger partial charge in [-0.25, -0.2) is 5.43 Å². The topological polar surface area (TPSA) is 98.4 Å². The third-order valence-corrected chi connectivity index (χ3v) is 4.07. The van der Waals surface area contributed by atoms with E-state index in [0.29, 0.717) is 12.1 Å². The van der Waals surface area contributed by atoms with Crippen LogP contribution in [0.4, 0.5) is 0 Å². The quantitative estimate of drug-likeness (QED) is 0.495. The lowest BCUT2D eigenvalue weighted by Crippen LogP contribution is -2.26. The van der Waals surface area contributed by atoms with E-state index in [-0.39, 0.29) is 24.2 Å². The van der Waals surface area contributed by atoms with Crippen molar-refractivity contribution in [1.82, 2.24) is 21.3 Å². The summed E-state index contributed by atoms with van der Waals surface area (Å²) < 4.78 is 0. The van der Waals surface area contributed by atoms with Gasteiger partial charge in [-0.15, -0.1) is 0 Å². The predicted molar refractivity (Wildman–Crippen MR) is 91.9 cm³/mol. The van der Waals surface area contributed by atoms with Gasteiger partial charge >= 0.3 is 0 Å². The second-order valence-corrected chi connectivity index (χ2v) is 5.73. The molecule has 0 bridgehead atoms. The van der Waals surface area contributed by atoms with E-state index in [1.54, 1.807) is 6.21 Å². The van der Waals surface area contributed by atoms with Crippen LogP contribution in [-0.2, 0) is 9.59 Å². The average Bonchev–Trinajstić information content (AvgIpc) is 3.05. The molecule has 2 amide bonds. The molecule has 2 heterocycles. The van der Waals surface area contributed by atoms with Crippen LogP contribution in [-0.4, -0.2) is 23.0 Å². The molecule has 1 unspecified atom stereocenters. The molecule has 0 radical (unpaired) electrons. The van der Waals surface area contributed by atoms with E-state index < -0.39 is 0 Å². The zero-order valence-corrected chi connectivity index (χ0v) is 13.3. The van der Waals surface area contributed by atoms with E-state index in [0.717, 1.165) is 22.2 Å². The Morgan fingerprint density at radius 3 is 2.92 bits per heavy atom. The molecule has 0 aliphatic carbocycles. The number of H-pyrrole nitrogens is 1. The summed E-state index contributed by atoms with van der Waals surface area (Å²) in [6, 6.07) is 7.91. The number of aromatic amines is 1. The SMILES string of the molecule is C=C1NNC(=O)C1CCC(=O)N/N=C/c1c(C)[nH]c2ccccc12. The monoisotopic (exact) mass is 325 g/mol. The highest BCUT2D eigenvalue weighted by molar-refractivity contribution is 6.00. The zero-order chi connectivity index (χ0) is 17.1. The molecule has 24 heavy (non-hydrogen) atoms. The summed E-state index contributed by atoms with van der Waals surface area (Å²) in [5.74, 6) is -0.780. The van der Waals surface area contributed by atoms with Crippen molar-refractivity contribution >= 4 is 28.9 Å². The lowest BCUT2D eigenvalue weighted by atomic mass is 10.0. The van der Waals surface area contributed by atoms with E-state index in [9.17, 15) is 9.59 Å². The van der Waals surface area contributed by atoms with E-state index in [2.05, 4.69) is 32.9 Å². The largest absolute Gasteiger partial charge is 0.358 e. The highest BCUT2D eigenvalue weighted by Crippen LogP contribution is 2.20. The van der Waals surface area contributed by atoms with Gasteiger partial charge in [-0.2, -0.15) is 5.10 Å². The Morgan fingerprint density at radius 2 is 2.17 bits per heavy atom. The third-order valence-electron chi connectivity index (χ3n) is 4.07. The van der Waals surface area contributed by atoms with Crippen LogP contribution < -0.4 is 16.3 Å². The van der Waals surface area contributed by atoms with Gasteiger partial charge in [0, 0.05) is 34.3 Å². The van der Waals surface area contributed by atoms with Gasteiger partial charge in [0.25, 0.3) is 0 Å². The molecule has 4 N–H and O–H groups in total. The number of hydrazone groups is 1. The van der Waals surface area contributed by atoms with Crippen LogP contribution in [0.1, 0.15) is 24.1 Å². The number of amides is 2. The number of carbonyl (C=O) groups is 2. The standard InChI is InChI=1S/C17H19N5O2/c1-10-14(13-5-3-4-6-15(13)19-10)9-18-21-16(23)8-7-12-11(2)20-22-17(12)24/h3-6,9,12,19-20H,2,7-8H2,1H3,(H,21,23)(H,22,24)/b18-9+. The van der Waals surface area contributed by atoms with Gasteiger partial charge in [0.15, 0.2) is 0 Å². The first-order valence-corrected chi connectivity index (χ1v) is 7.70. The Bertz CT molecular complexity index is 821. The number of benzene rings is 1.